The third-order valence-electron chi connectivity index (χ3n) is 14.5. The molecule has 0 radical (unpaired) electrons. The van der Waals surface area contributed by atoms with Gasteiger partial charge in [-0.05, 0) is 106 Å². The summed E-state index contributed by atoms with van der Waals surface area (Å²) in [6.07, 6.45) is -11.1. The van der Waals surface area contributed by atoms with E-state index in [-0.39, 0.29) is 78.2 Å². The van der Waals surface area contributed by atoms with Crippen molar-refractivity contribution in [3.63, 3.8) is 0 Å². The number of ether oxygens (including phenoxy) is 2. The van der Waals surface area contributed by atoms with Crippen LogP contribution in [0.15, 0.2) is 279 Å². The summed E-state index contributed by atoms with van der Waals surface area (Å²) in [4.78, 5) is 0.486. The number of benzene rings is 12. The van der Waals surface area contributed by atoms with E-state index in [1.165, 1.54) is 62.8 Å². The molecule has 0 spiro atoms. The van der Waals surface area contributed by atoms with E-state index in [4.69, 9.17) is 66.1 Å². The minimum Gasteiger partial charge on any atom is -0.493 e. The summed E-state index contributed by atoms with van der Waals surface area (Å²) in [6.45, 7) is 0. The molecule has 0 bridgehead atoms. The molecule has 104 heavy (non-hydrogen) atoms. The van der Waals surface area contributed by atoms with Crippen LogP contribution in [0.4, 0.5) is 26.3 Å². The van der Waals surface area contributed by atoms with Crippen molar-refractivity contribution in [3.8, 4) is 69.6 Å². The fraction of sp³-hybridized carbons (Fsp3) is 0.0541. The van der Waals surface area contributed by atoms with Gasteiger partial charge in [0.15, 0.2) is 34.5 Å². The Morgan fingerprint density at radius 1 is 0.337 bits per heavy atom. The van der Waals surface area contributed by atoms with Gasteiger partial charge in [0.2, 0.25) is 23.0 Å². The van der Waals surface area contributed by atoms with Crippen LogP contribution in [0.3, 0.4) is 0 Å². The molecule has 0 unspecified atom stereocenters. The zero-order valence-corrected chi connectivity index (χ0v) is 61.9. The maximum atomic E-state index is 16.4. The van der Waals surface area contributed by atoms with Crippen LogP contribution in [-0.4, -0.2) is 18.4 Å². The molecule has 12 rings (SSSR count). The Labute approximate surface area is 638 Å². The van der Waals surface area contributed by atoms with Crippen molar-refractivity contribution in [2.24, 2.45) is 0 Å². The highest BCUT2D eigenvalue weighted by atomic mass is 35.5. The second-order valence-corrected chi connectivity index (χ2v) is 29.4. The number of nitrogens with zero attached hydrogens (tertiary/aromatic N) is 2. The molecule has 12 aromatic carbocycles. The fourth-order valence-electron chi connectivity index (χ4n) is 9.77. The number of rotatable bonds is 28. The number of fused-ring (bicyclic) bond motifs is 2. The van der Waals surface area contributed by atoms with Crippen LogP contribution in [0.2, 0.25) is 10.0 Å². The molecule has 0 aliphatic carbocycles. The summed E-state index contributed by atoms with van der Waals surface area (Å²) in [7, 11) is -0.768. The van der Waals surface area contributed by atoms with E-state index < -0.39 is 88.2 Å². The molecule has 526 valence electrons. The van der Waals surface area contributed by atoms with Crippen molar-refractivity contribution in [3.05, 3.63) is 263 Å². The monoisotopic (exact) mass is 1610 g/mol. The van der Waals surface area contributed by atoms with Crippen LogP contribution < -0.4 is 42.9 Å². The molecule has 0 N–H and O–H groups in total. The summed E-state index contributed by atoms with van der Waals surface area (Å²) in [6, 6.07) is 67.8. The fourth-order valence-corrected chi connectivity index (χ4v) is 17.5. The first kappa shape index (κ1) is 74.9. The van der Waals surface area contributed by atoms with E-state index in [0.717, 1.165) is 69.7 Å². The number of nitriles is 2. The van der Waals surface area contributed by atoms with Crippen molar-refractivity contribution >= 4 is 152 Å². The van der Waals surface area contributed by atoms with Crippen LogP contribution in [0.1, 0.15) is 22.3 Å². The minimum atomic E-state index is -5.57. The molecule has 13 nitrogen and oxygen atoms in total. The molecular weight excluding hydrogens is 1570 g/mol. The van der Waals surface area contributed by atoms with Gasteiger partial charge in [0.05, 0.1) is 151 Å². The Bertz CT molecular complexity index is 4900. The zero-order valence-electron chi connectivity index (χ0n) is 53.0. The number of methoxy groups -OCH3 is 2. The molecule has 0 heterocycles. The summed E-state index contributed by atoms with van der Waals surface area (Å²) in [5, 5.41) is 23.7. The maximum Gasteiger partial charge on any atom is 0.423 e. The molecule has 0 atom stereocenters. The largest absolute Gasteiger partial charge is 0.493 e. The van der Waals surface area contributed by atoms with E-state index in [1.54, 1.807) is 133 Å². The lowest BCUT2D eigenvalue weighted by molar-refractivity contribution is -0.139. The third kappa shape index (κ3) is 17.1. The lowest BCUT2D eigenvalue weighted by atomic mass is 10.1. The molecular formula is C74H44Cl2F6N2O11S9. The van der Waals surface area contributed by atoms with Gasteiger partial charge in [-0.2, -0.15) is 36.9 Å². The van der Waals surface area contributed by atoms with Gasteiger partial charge in [0, 0.05) is 19.6 Å². The highest BCUT2D eigenvalue weighted by molar-refractivity contribution is 7.97. The average Bonchev–Trinajstić information content (AvgIpc) is 0.729. The molecule has 0 fully saturated rings. The van der Waals surface area contributed by atoms with E-state index in [9.17, 15) is 10.5 Å². The Hall–Kier alpha value is -8.75. The second-order valence-electron chi connectivity index (χ2n) is 21.0. The molecule has 0 saturated carbocycles. The number of alkyl halides is 6. The molecule has 0 aromatic heterocycles. The molecule has 0 aliphatic rings. The normalized spacial score (nSPS) is 11.4. The molecule has 0 amide bonds. The van der Waals surface area contributed by atoms with E-state index in [0.29, 0.717) is 43.7 Å². The van der Waals surface area contributed by atoms with Crippen LogP contribution in [0, 0.1) is 22.7 Å². The van der Waals surface area contributed by atoms with Gasteiger partial charge < -0.3 is 42.9 Å². The highest BCUT2D eigenvalue weighted by Gasteiger charge is 2.48. The first-order valence-corrected chi connectivity index (χ1v) is 37.8. The number of halogens is 8. The Morgan fingerprint density at radius 3 is 0.952 bits per heavy atom. The highest BCUT2D eigenvalue weighted by Crippen LogP contribution is 2.59. The van der Waals surface area contributed by atoms with Gasteiger partial charge in [0.25, 0.3) is 0 Å². The van der Waals surface area contributed by atoms with E-state index >= 15 is 30.6 Å². The van der Waals surface area contributed by atoms with Crippen molar-refractivity contribution in [1.82, 2.24) is 0 Å². The lowest BCUT2D eigenvalue weighted by Gasteiger charge is -2.24. The quantitative estimate of drug-likeness (QED) is 0.0337. The van der Waals surface area contributed by atoms with Gasteiger partial charge in [-0.15, -0.1) is 0 Å². The first-order valence-electron chi connectivity index (χ1n) is 30.0. The molecule has 30 heteroatoms. The third-order valence-corrected chi connectivity index (χ3v) is 22.9. The maximum absolute atomic E-state index is 16.4. The van der Waals surface area contributed by atoms with Gasteiger partial charge in [0.1, 0.15) is 44.4 Å². The van der Waals surface area contributed by atoms with Gasteiger partial charge in [-0.1, -0.05) is 169 Å². The van der Waals surface area contributed by atoms with E-state index in [1.807, 2.05) is 60.7 Å². The standard InChI is InChI=1S/C74H44Cl2F6N2O11S9/c1-86-53-37-39-57(67(65(53)90-96-45-25-7-3-8-26-45)92-100-55-35-19-23-43-21-15-17-33-49(43)55)102-88-63-51(41-83)71(61(75)69(59(63)73(77,78)79)94-98-47-29-11-5-12-30-47)104(85)72-52(42-84)64(60(74(80,81)82)70(62(72)76)95-99-48-31-13-6-14-32-48)89-103-58-40-38-54(87-2)66(91-97-46-27-9-4-10-28-46)68(58)93-101-56-36-20-24-44-22-16-18-34-50(44)56/h3-40H,1-2H3. The van der Waals surface area contributed by atoms with Crippen LogP contribution >= 0.6 is 120 Å². The van der Waals surface area contributed by atoms with E-state index in [2.05, 4.69) is 0 Å². The number of hydrogen-bond donors (Lipinski definition) is 0. The van der Waals surface area contributed by atoms with Crippen molar-refractivity contribution in [2.45, 2.75) is 61.3 Å². The summed E-state index contributed by atoms with van der Waals surface area (Å²) >= 11 is 18.9. The van der Waals surface area contributed by atoms with Gasteiger partial charge >= 0.3 is 12.4 Å². The van der Waals surface area contributed by atoms with Crippen molar-refractivity contribution < 1.29 is 73.5 Å². The van der Waals surface area contributed by atoms with Gasteiger partial charge in [-0.3, -0.25) is 0 Å². The van der Waals surface area contributed by atoms with Crippen molar-refractivity contribution in [1.29, 1.82) is 10.5 Å². The van der Waals surface area contributed by atoms with Crippen LogP contribution in [0.25, 0.3) is 21.5 Å². The minimum absolute atomic E-state index is 0.0765. The second kappa shape index (κ2) is 34.4. The molecule has 0 saturated heterocycles. The first-order chi connectivity index (χ1) is 50.5. The Balaban J connectivity index is 1.03. The molecule has 0 aliphatic heterocycles. The summed E-state index contributed by atoms with van der Waals surface area (Å²) in [5.41, 5.74) is -6.08. The Kier molecular flexibility index (Phi) is 24.8. The van der Waals surface area contributed by atoms with Crippen LogP contribution in [-0.2, 0) is 23.2 Å². The smallest absolute Gasteiger partial charge is 0.423 e. The van der Waals surface area contributed by atoms with Crippen LogP contribution in [0.5, 0.6) is 57.5 Å². The van der Waals surface area contributed by atoms with Gasteiger partial charge in [-0.25, -0.2) is 4.21 Å². The SMILES string of the molecule is COc1ccc(SOc2c(C#N)c(S(=O)c3c(Cl)c(OSc4ccccc4)c(C(F)(F)F)c(OSc4ccc(OC)c(OSc5ccccc5)c4OSc4cccc5ccccc45)c3C#N)c(Cl)c(OSc3ccccc3)c2C(F)(F)F)c(OSc2cccc3ccccc23)c1OSc1ccccc1. The van der Waals surface area contributed by atoms with Crippen molar-refractivity contribution in [2.75, 3.05) is 14.2 Å². The number of hydrogen-bond acceptors (Lipinski definition) is 21. The molecule has 12 aromatic rings. The summed E-state index contributed by atoms with van der Waals surface area (Å²) in [5.74, 6) is -5.65. The average molecular weight is 1610 g/mol. The topological polar surface area (TPSA) is 157 Å². The predicted molar refractivity (Wildman–Crippen MR) is 399 cm³/mol. The Morgan fingerprint density at radius 2 is 0.625 bits per heavy atom. The zero-order chi connectivity index (χ0) is 72.9. The lowest BCUT2D eigenvalue weighted by Crippen LogP contribution is -2.15. The summed E-state index contributed by atoms with van der Waals surface area (Å²) < 4.78 is 176. The predicted octanol–water partition coefficient (Wildman–Crippen LogP) is 25.0.